The number of carbonyl (C=O) groups excluding carboxylic acids is 2. The third-order valence-electron chi connectivity index (χ3n) is 3.19. The van der Waals surface area contributed by atoms with Gasteiger partial charge >= 0.3 is 5.97 Å². The van der Waals surface area contributed by atoms with Crippen molar-refractivity contribution in [2.75, 3.05) is 0 Å². The molecule has 0 aliphatic heterocycles. The summed E-state index contributed by atoms with van der Waals surface area (Å²) in [7, 11) is 0. The first-order chi connectivity index (χ1) is 6.93. The third kappa shape index (κ3) is 2.80. The standard InChI is InChI=1S/C12H20O3/c1-7(2)10-6-5-8(3)12(11(10)14)15-9(4)13/h7-8,10,12H,5-6H2,1-4H3. The highest BCUT2D eigenvalue weighted by Crippen LogP contribution is 2.32. The molecule has 1 fully saturated rings. The fourth-order valence-electron chi connectivity index (χ4n) is 2.24. The van der Waals surface area contributed by atoms with E-state index in [0.717, 1.165) is 12.8 Å². The fraction of sp³-hybridized carbons (Fsp3) is 0.833. The van der Waals surface area contributed by atoms with Crippen molar-refractivity contribution < 1.29 is 14.3 Å². The van der Waals surface area contributed by atoms with Gasteiger partial charge in [0, 0.05) is 18.8 Å². The molecule has 3 heteroatoms. The molecule has 1 aliphatic carbocycles. The average molecular weight is 212 g/mol. The highest BCUT2D eigenvalue weighted by molar-refractivity contribution is 5.88. The van der Waals surface area contributed by atoms with Crippen LogP contribution in [-0.4, -0.2) is 17.9 Å². The smallest absolute Gasteiger partial charge is 0.303 e. The fourth-order valence-corrected chi connectivity index (χ4v) is 2.24. The second-order valence-corrected chi connectivity index (χ2v) is 4.84. The summed E-state index contributed by atoms with van der Waals surface area (Å²) in [6.45, 7) is 7.42. The zero-order valence-electron chi connectivity index (χ0n) is 9.95. The van der Waals surface area contributed by atoms with Crippen LogP contribution in [0.15, 0.2) is 0 Å². The second kappa shape index (κ2) is 4.77. The van der Waals surface area contributed by atoms with Crippen molar-refractivity contribution in [3.63, 3.8) is 0 Å². The van der Waals surface area contributed by atoms with Gasteiger partial charge in [-0.15, -0.1) is 0 Å². The van der Waals surface area contributed by atoms with E-state index in [4.69, 9.17) is 4.74 Å². The van der Waals surface area contributed by atoms with E-state index in [-0.39, 0.29) is 23.6 Å². The Balaban J connectivity index is 2.74. The predicted octanol–water partition coefficient (Wildman–Crippen LogP) is 2.19. The Hall–Kier alpha value is -0.860. The Morgan fingerprint density at radius 2 is 2.00 bits per heavy atom. The van der Waals surface area contributed by atoms with Crippen LogP contribution in [0.1, 0.15) is 40.5 Å². The molecule has 0 bridgehead atoms. The van der Waals surface area contributed by atoms with Gasteiger partial charge in [0.15, 0.2) is 11.9 Å². The maximum atomic E-state index is 12.0. The molecule has 1 rings (SSSR count). The summed E-state index contributed by atoms with van der Waals surface area (Å²) in [6, 6.07) is 0. The van der Waals surface area contributed by atoms with Gasteiger partial charge < -0.3 is 4.74 Å². The monoisotopic (exact) mass is 212 g/mol. The van der Waals surface area contributed by atoms with E-state index in [1.54, 1.807) is 0 Å². The number of hydrogen-bond donors (Lipinski definition) is 0. The highest BCUT2D eigenvalue weighted by Gasteiger charge is 2.39. The van der Waals surface area contributed by atoms with Crippen molar-refractivity contribution in [1.29, 1.82) is 0 Å². The molecule has 0 aromatic rings. The molecule has 0 saturated heterocycles. The van der Waals surface area contributed by atoms with E-state index in [2.05, 4.69) is 0 Å². The van der Waals surface area contributed by atoms with Crippen LogP contribution in [0.4, 0.5) is 0 Å². The average Bonchev–Trinajstić information content (AvgIpc) is 2.11. The van der Waals surface area contributed by atoms with Crippen LogP contribution < -0.4 is 0 Å². The van der Waals surface area contributed by atoms with Crippen molar-refractivity contribution in [2.45, 2.75) is 46.6 Å². The van der Waals surface area contributed by atoms with Crippen LogP contribution >= 0.6 is 0 Å². The van der Waals surface area contributed by atoms with Crippen LogP contribution in [0.3, 0.4) is 0 Å². The lowest BCUT2D eigenvalue weighted by molar-refractivity contribution is -0.161. The summed E-state index contributed by atoms with van der Waals surface area (Å²) in [4.78, 5) is 22.9. The van der Waals surface area contributed by atoms with E-state index < -0.39 is 6.10 Å². The predicted molar refractivity (Wildman–Crippen MR) is 57.3 cm³/mol. The van der Waals surface area contributed by atoms with Crippen LogP contribution in [-0.2, 0) is 14.3 Å². The first-order valence-electron chi connectivity index (χ1n) is 5.64. The van der Waals surface area contributed by atoms with Gasteiger partial charge in [0.1, 0.15) is 0 Å². The van der Waals surface area contributed by atoms with Crippen molar-refractivity contribution in [1.82, 2.24) is 0 Å². The lowest BCUT2D eigenvalue weighted by Gasteiger charge is -2.33. The van der Waals surface area contributed by atoms with Crippen molar-refractivity contribution in [3.05, 3.63) is 0 Å². The summed E-state index contributed by atoms with van der Waals surface area (Å²) in [5.74, 6) is 0.313. The number of Topliss-reactive ketones (excluding diaryl/α,β-unsaturated/α-hetero) is 1. The minimum Gasteiger partial charge on any atom is -0.454 e. The maximum absolute atomic E-state index is 12.0. The summed E-state index contributed by atoms with van der Waals surface area (Å²) in [5.41, 5.74) is 0. The van der Waals surface area contributed by atoms with Crippen LogP contribution in [0.25, 0.3) is 0 Å². The third-order valence-corrected chi connectivity index (χ3v) is 3.19. The Labute approximate surface area is 91.2 Å². The van der Waals surface area contributed by atoms with Gasteiger partial charge in [-0.1, -0.05) is 20.8 Å². The molecule has 0 amide bonds. The molecular formula is C12H20O3. The van der Waals surface area contributed by atoms with Gasteiger partial charge in [0.2, 0.25) is 0 Å². The number of esters is 1. The SMILES string of the molecule is CC(=O)OC1C(=O)C(C(C)C)CCC1C. The zero-order chi connectivity index (χ0) is 11.6. The zero-order valence-corrected chi connectivity index (χ0v) is 9.95. The second-order valence-electron chi connectivity index (χ2n) is 4.84. The molecular weight excluding hydrogens is 192 g/mol. The molecule has 0 heterocycles. The van der Waals surface area contributed by atoms with E-state index >= 15 is 0 Å². The largest absolute Gasteiger partial charge is 0.454 e. The highest BCUT2D eigenvalue weighted by atomic mass is 16.5. The molecule has 3 atom stereocenters. The van der Waals surface area contributed by atoms with E-state index in [1.807, 2.05) is 20.8 Å². The topological polar surface area (TPSA) is 43.4 Å². The van der Waals surface area contributed by atoms with Gasteiger partial charge in [0.25, 0.3) is 0 Å². The lowest BCUT2D eigenvalue weighted by Crippen LogP contribution is -2.43. The molecule has 3 unspecified atom stereocenters. The maximum Gasteiger partial charge on any atom is 0.303 e. The Bertz CT molecular complexity index is 258. The molecule has 0 spiro atoms. The molecule has 0 N–H and O–H groups in total. The number of hydrogen-bond acceptors (Lipinski definition) is 3. The Morgan fingerprint density at radius 1 is 1.40 bits per heavy atom. The molecule has 0 aromatic carbocycles. The van der Waals surface area contributed by atoms with Gasteiger partial charge in [0.05, 0.1) is 0 Å². The summed E-state index contributed by atoms with van der Waals surface area (Å²) in [5, 5.41) is 0. The summed E-state index contributed by atoms with van der Waals surface area (Å²) >= 11 is 0. The van der Waals surface area contributed by atoms with Crippen LogP contribution in [0.5, 0.6) is 0 Å². The molecule has 15 heavy (non-hydrogen) atoms. The molecule has 3 nitrogen and oxygen atoms in total. The number of carbonyl (C=O) groups is 2. The van der Waals surface area contributed by atoms with E-state index in [0.29, 0.717) is 5.92 Å². The lowest BCUT2D eigenvalue weighted by atomic mass is 9.75. The molecule has 1 saturated carbocycles. The van der Waals surface area contributed by atoms with Crippen molar-refractivity contribution in [2.24, 2.45) is 17.8 Å². The Kier molecular flexibility index (Phi) is 3.89. The van der Waals surface area contributed by atoms with Crippen molar-refractivity contribution >= 4 is 11.8 Å². The van der Waals surface area contributed by atoms with Crippen LogP contribution in [0.2, 0.25) is 0 Å². The first-order valence-corrected chi connectivity index (χ1v) is 5.64. The van der Waals surface area contributed by atoms with E-state index in [9.17, 15) is 9.59 Å². The molecule has 1 aliphatic rings. The normalized spacial score (nSPS) is 31.8. The van der Waals surface area contributed by atoms with Crippen LogP contribution in [0, 0.1) is 17.8 Å². The Morgan fingerprint density at radius 3 is 2.47 bits per heavy atom. The summed E-state index contributed by atoms with van der Waals surface area (Å²) in [6.07, 6.45) is 1.38. The number of rotatable bonds is 2. The number of ketones is 1. The first kappa shape index (κ1) is 12.2. The molecule has 0 radical (unpaired) electrons. The summed E-state index contributed by atoms with van der Waals surface area (Å²) < 4.78 is 5.11. The number of ether oxygens (including phenoxy) is 1. The van der Waals surface area contributed by atoms with E-state index in [1.165, 1.54) is 6.92 Å². The van der Waals surface area contributed by atoms with Gasteiger partial charge in [-0.05, 0) is 18.8 Å². The molecule has 0 aromatic heterocycles. The quantitative estimate of drug-likeness (QED) is 0.659. The minimum atomic E-state index is -0.511. The van der Waals surface area contributed by atoms with Gasteiger partial charge in [-0.25, -0.2) is 0 Å². The van der Waals surface area contributed by atoms with Gasteiger partial charge in [-0.2, -0.15) is 0 Å². The molecule has 86 valence electrons. The van der Waals surface area contributed by atoms with Crippen molar-refractivity contribution in [3.8, 4) is 0 Å². The van der Waals surface area contributed by atoms with Gasteiger partial charge in [-0.3, -0.25) is 9.59 Å². The minimum absolute atomic E-state index is 0.0607.